The first-order chi connectivity index (χ1) is 7.83. The summed E-state index contributed by atoms with van der Waals surface area (Å²) >= 11 is 12.1. The van der Waals surface area contributed by atoms with E-state index in [4.69, 9.17) is 27.9 Å². The summed E-state index contributed by atoms with van der Waals surface area (Å²) in [6.45, 7) is 5.59. The van der Waals surface area contributed by atoms with Gasteiger partial charge in [-0.1, -0.05) is 35.0 Å². The molecule has 1 rings (SSSR count). The Morgan fingerprint density at radius 3 is 2.47 bits per heavy atom. The fourth-order valence-electron chi connectivity index (χ4n) is 1.11. The molecule has 0 heterocycles. The van der Waals surface area contributed by atoms with Gasteiger partial charge in [0.2, 0.25) is 0 Å². The van der Waals surface area contributed by atoms with E-state index in [1.807, 2.05) is 6.92 Å². The van der Waals surface area contributed by atoms with Crippen LogP contribution in [0.15, 0.2) is 12.1 Å². The summed E-state index contributed by atoms with van der Waals surface area (Å²) in [7, 11) is 0. The van der Waals surface area contributed by atoms with Crippen molar-refractivity contribution in [1.82, 2.24) is 0 Å². The van der Waals surface area contributed by atoms with Crippen molar-refractivity contribution < 1.29 is 9.84 Å². The molecule has 0 aliphatic rings. The lowest BCUT2D eigenvalue weighted by Gasteiger charge is -2.08. The number of rotatable bonds is 2. The van der Waals surface area contributed by atoms with Gasteiger partial charge in [-0.15, -0.1) is 0 Å². The Hall–Kier alpha value is -0.880. The Morgan fingerprint density at radius 1 is 1.29 bits per heavy atom. The van der Waals surface area contributed by atoms with Crippen LogP contribution in [0.2, 0.25) is 10.0 Å². The summed E-state index contributed by atoms with van der Waals surface area (Å²) in [5.74, 6) is 6.01. The molecule has 17 heavy (non-hydrogen) atoms. The van der Waals surface area contributed by atoms with Crippen molar-refractivity contribution in [1.29, 1.82) is 0 Å². The Balaban J connectivity index is 3.11. The van der Waals surface area contributed by atoms with E-state index in [2.05, 4.69) is 11.8 Å². The minimum atomic E-state index is -1.06. The molecule has 2 nitrogen and oxygen atoms in total. The van der Waals surface area contributed by atoms with Crippen LogP contribution >= 0.6 is 23.2 Å². The maximum Gasteiger partial charge on any atom is 0.139 e. The normalized spacial score (nSPS) is 10.7. The van der Waals surface area contributed by atoms with Crippen LogP contribution in [0.5, 0.6) is 5.75 Å². The van der Waals surface area contributed by atoms with Crippen LogP contribution < -0.4 is 4.74 Å². The minimum Gasteiger partial charge on any atom is -0.492 e. The molecule has 1 aromatic carbocycles. The van der Waals surface area contributed by atoms with Gasteiger partial charge in [0.1, 0.15) is 11.4 Å². The van der Waals surface area contributed by atoms with Crippen LogP contribution in [0, 0.1) is 11.8 Å². The molecule has 0 bridgehead atoms. The van der Waals surface area contributed by atoms with Gasteiger partial charge in [-0.25, -0.2) is 0 Å². The van der Waals surface area contributed by atoms with Crippen LogP contribution in [0.4, 0.5) is 0 Å². The number of benzene rings is 1. The van der Waals surface area contributed by atoms with E-state index in [1.54, 1.807) is 26.0 Å². The van der Waals surface area contributed by atoms with Gasteiger partial charge in [-0.05, 0) is 26.8 Å². The van der Waals surface area contributed by atoms with Crippen molar-refractivity contribution in [3.05, 3.63) is 27.7 Å². The van der Waals surface area contributed by atoms with Crippen LogP contribution in [-0.2, 0) is 0 Å². The van der Waals surface area contributed by atoms with E-state index in [9.17, 15) is 5.11 Å². The number of halogens is 2. The van der Waals surface area contributed by atoms with Crippen LogP contribution in [-0.4, -0.2) is 17.3 Å². The zero-order valence-electron chi connectivity index (χ0n) is 9.97. The predicted molar refractivity (Wildman–Crippen MR) is 70.8 cm³/mol. The fraction of sp³-hybridized carbons (Fsp3) is 0.385. The fourth-order valence-corrected chi connectivity index (χ4v) is 1.53. The zero-order valence-corrected chi connectivity index (χ0v) is 11.5. The highest BCUT2D eigenvalue weighted by atomic mass is 35.5. The second-order valence-corrected chi connectivity index (χ2v) is 4.82. The molecule has 92 valence electrons. The Kier molecular flexibility index (Phi) is 4.70. The molecule has 0 unspecified atom stereocenters. The van der Waals surface area contributed by atoms with E-state index in [-0.39, 0.29) is 0 Å². The summed E-state index contributed by atoms with van der Waals surface area (Å²) in [6.07, 6.45) is 0. The van der Waals surface area contributed by atoms with Gasteiger partial charge < -0.3 is 9.84 Å². The third-order valence-corrected chi connectivity index (χ3v) is 2.43. The minimum absolute atomic E-state index is 0.453. The van der Waals surface area contributed by atoms with E-state index in [0.717, 1.165) is 0 Å². The van der Waals surface area contributed by atoms with Crippen molar-refractivity contribution >= 4 is 23.2 Å². The molecule has 1 N–H and O–H groups in total. The van der Waals surface area contributed by atoms with Crippen molar-refractivity contribution in [2.75, 3.05) is 6.61 Å². The van der Waals surface area contributed by atoms with Crippen LogP contribution in [0.3, 0.4) is 0 Å². The van der Waals surface area contributed by atoms with Gasteiger partial charge in [0.05, 0.1) is 16.7 Å². The molecule has 0 radical (unpaired) electrons. The first-order valence-electron chi connectivity index (χ1n) is 5.21. The number of hydrogen-bond acceptors (Lipinski definition) is 2. The van der Waals surface area contributed by atoms with E-state index >= 15 is 0 Å². The van der Waals surface area contributed by atoms with Crippen molar-refractivity contribution in [2.24, 2.45) is 0 Å². The SMILES string of the molecule is CCOc1cc(Cl)c(C#CC(C)(C)O)cc1Cl. The Morgan fingerprint density at radius 2 is 1.94 bits per heavy atom. The molecule has 0 amide bonds. The zero-order chi connectivity index (χ0) is 13.1. The van der Waals surface area contributed by atoms with E-state index in [0.29, 0.717) is 28.0 Å². The van der Waals surface area contributed by atoms with E-state index in [1.165, 1.54) is 0 Å². The second kappa shape index (κ2) is 5.64. The molecule has 4 heteroatoms. The highest BCUT2D eigenvalue weighted by Crippen LogP contribution is 2.30. The Labute approximate surface area is 111 Å². The molecule has 0 saturated carbocycles. The average Bonchev–Trinajstić information content (AvgIpc) is 2.20. The molecule has 0 atom stereocenters. The third-order valence-electron chi connectivity index (χ3n) is 1.82. The van der Waals surface area contributed by atoms with Gasteiger partial charge in [0, 0.05) is 11.6 Å². The van der Waals surface area contributed by atoms with Crippen molar-refractivity contribution in [3.63, 3.8) is 0 Å². The molecular formula is C13H14Cl2O2. The highest BCUT2D eigenvalue weighted by Gasteiger charge is 2.09. The molecular weight excluding hydrogens is 259 g/mol. The van der Waals surface area contributed by atoms with Crippen molar-refractivity contribution in [3.8, 4) is 17.6 Å². The summed E-state index contributed by atoms with van der Waals surface area (Å²) < 4.78 is 5.30. The standard InChI is InChI=1S/C13H14Cl2O2/c1-4-17-12-8-10(14)9(7-11(12)15)5-6-13(2,3)16/h7-8,16H,4H2,1-3H3. The van der Waals surface area contributed by atoms with Crippen LogP contribution in [0.1, 0.15) is 26.3 Å². The third kappa shape index (κ3) is 4.47. The second-order valence-electron chi connectivity index (χ2n) is 4.00. The lowest BCUT2D eigenvalue weighted by atomic mass is 10.1. The summed E-state index contributed by atoms with van der Waals surface area (Å²) in [6, 6.07) is 3.26. The van der Waals surface area contributed by atoms with Gasteiger partial charge in [-0.3, -0.25) is 0 Å². The summed E-state index contributed by atoms with van der Waals surface area (Å²) in [5, 5.41) is 10.4. The molecule has 0 aliphatic heterocycles. The number of ether oxygens (including phenoxy) is 1. The molecule has 0 aromatic heterocycles. The maximum absolute atomic E-state index is 9.50. The van der Waals surface area contributed by atoms with Gasteiger partial charge in [0.15, 0.2) is 0 Å². The lowest BCUT2D eigenvalue weighted by Crippen LogP contribution is -2.14. The van der Waals surface area contributed by atoms with E-state index < -0.39 is 5.60 Å². The highest BCUT2D eigenvalue weighted by molar-refractivity contribution is 6.35. The molecule has 0 fully saturated rings. The quantitative estimate of drug-likeness (QED) is 0.835. The summed E-state index contributed by atoms with van der Waals surface area (Å²) in [5.41, 5.74) is -0.490. The molecule has 0 spiro atoms. The Bertz CT molecular complexity index is 465. The maximum atomic E-state index is 9.50. The number of aliphatic hydroxyl groups is 1. The monoisotopic (exact) mass is 272 g/mol. The first-order valence-corrected chi connectivity index (χ1v) is 5.96. The molecule has 1 aromatic rings. The topological polar surface area (TPSA) is 29.5 Å². The first kappa shape index (κ1) is 14.2. The molecule has 0 aliphatic carbocycles. The average molecular weight is 273 g/mol. The predicted octanol–water partition coefficient (Wildman–Crippen LogP) is 3.51. The molecule has 0 saturated heterocycles. The van der Waals surface area contributed by atoms with Gasteiger partial charge in [-0.2, -0.15) is 0 Å². The summed E-state index contributed by atoms with van der Waals surface area (Å²) in [4.78, 5) is 0. The van der Waals surface area contributed by atoms with Crippen molar-refractivity contribution in [2.45, 2.75) is 26.4 Å². The lowest BCUT2D eigenvalue weighted by molar-refractivity contribution is 0.143. The van der Waals surface area contributed by atoms with Gasteiger partial charge >= 0.3 is 0 Å². The van der Waals surface area contributed by atoms with Crippen LogP contribution in [0.25, 0.3) is 0 Å². The largest absolute Gasteiger partial charge is 0.492 e. The number of hydrogen-bond donors (Lipinski definition) is 1. The smallest absolute Gasteiger partial charge is 0.139 e. The van der Waals surface area contributed by atoms with Gasteiger partial charge in [0.25, 0.3) is 0 Å².